The van der Waals surface area contributed by atoms with Gasteiger partial charge in [0.05, 0.1) is 0 Å². The molecule has 0 saturated carbocycles. The van der Waals surface area contributed by atoms with Gasteiger partial charge in [-0.05, 0) is 31.7 Å². The number of nitrogens with one attached hydrogen (secondary N) is 1. The number of hydrogen-bond donors (Lipinski definition) is 1. The molecular formula is C16H20N2S. The van der Waals surface area contributed by atoms with Crippen LogP contribution in [0, 0.1) is 6.92 Å². The van der Waals surface area contributed by atoms with Crippen molar-refractivity contribution in [2.75, 3.05) is 7.05 Å². The van der Waals surface area contributed by atoms with Crippen LogP contribution < -0.4 is 5.32 Å². The van der Waals surface area contributed by atoms with E-state index >= 15 is 0 Å². The molecule has 0 bridgehead atoms. The van der Waals surface area contributed by atoms with E-state index in [2.05, 4.69) is 60.5 Å². The monoisotopic (exact) mass is 272 g/mol. The topological polar surface area (TPSA) is 24.9 Å². The Kier molecular flexibility index (Phi) is 5.00. The molecule has 0 aliphatic heterocycles. The standard InChI is InChI=1S/C16H20N2S/c1-12-4-6-14(7-5-12)16(17-3)13(2)19-15-8-10-18-11-9-15/h4-11,13,16-17H,1-3H3. The Hall–Kier alpha value is -1.32. The Balaban J connectivity index is 2.11. The third-order valence-electron chi connectivity index (χ3n) is 3.19. The number of aryl methyl sites for hydroxylation is 1. The second kappa shape index (κ2) is 6.73. The lowest BCUT2D eigenvalue weighted by Gasteiger charge is -2.23. The molecule has 0 radical (unpaired) electrons. The summed E-state index contributed by atoms with van der Waals surface area (Å²) in [6.45, 7) is 4.37. The van der Waals surface area contributed by atoms with Gasteiger partial charge < -0.3 is 5.32 Å². The van der Waals surface area contributed by atoms with E-state index in [9.17, 15) is 0 Å². The Morgan fingerprint density at radius 2 is 1.68 bits per heavy atom. The number of hydrogen-bond acceptors (Lipinski definition) is 3. The maximum Gasteiger partial charge on any atom is 0.0438 e. The molecule has 0 aliphatic carbocycles. The molecule has 2 rings (SSSR count). The van der Waals surface area contributed by atoms with Crippen LogP contribution in [0.15, 0.2) is 53.7 Å². The Bertz CT molecular complexity index is 496. The van der Waals surface area contributed by atoms with Crippen LogP contribution in [0.25, 0.3) is 0 Å². The van der Waals surface area contributed by atoms with E-state index in [0.717, 1.165) is 0 Å². The summed E-state index contributed by atoms with van der Waals surface area (Å²) in [4.78, 5) is 5.32. The number of thioether (sulfide) groups is 1. The smallest absolute Gasteiger partial charge is 0.0438 e. The molecule has 3 heteroatoms. The molecule has 0 amide bonds. The zero-order valence-corrected chi connectivity index (χ0v) is 12.4. The molecule has 0 fully saturated rings. The van der Waals surface area contributed by atoms with Crippen molar-refractivity contribution in [2.24, 2.45) is 0 Å². The number of aromatic nitrogens is 1. The SMILES string of the molecule is CNC(c1ccc(C)cc1)C(C)Sc1ccncc1. The molecule has 2 nitrogen and oxygen atoms in total. The highest BCUT2D eigenvalue weighted by Gasteiger charge is 2.18. The summed E-state index contributed by atoms with van der Waals surface area (Å²) >= 11 is 1.87. The lowest BCUT2D eigenvalue weighted by Crippen LogP contribution is -2.25. The van der Waals surface area contributed by atoms with E-state index in [-0.39, 0.29) is 0 Å². The number of pyridine rings is 1. The predicted molar refractivity (Wildman–Crippen MR) is 82.5 cm³/mol. The van der Waals surface area contributed by atoms with Gasteiger partial charge in [0, 0.05) is 28.6 Å². The molecular weight excluding hydrogens is 252 g/mol. The molecule has 100 valence electrons. The van der Waals surface area contributed by atoms with Gasteiger partial charge in [-0.1, -0.05) is 36.8 Å². The second-order valence-electron chi connectivity index (χ2n) is 4.68. The summed E-state index contributed by atoms with van der Waals surface area (Å²) in [5, 5.41) is 3.88. The van der Waals surface area contributed by atoms with Gasteiger partial charge in [-0.25, -0.2) is 0 Å². The van der Waals surface area contributed by atoms with Crippen LogP contribution in [0.1, 0.15) is 24.1 Å². The van der Waals surface area contributed by atoms with Crippen LogP contribution in [-0.2, 0) is 0 Å². The minimum Gasteiger partial charge on any atom is -0.312 e. The van der Waals surface area contributed by atoms with Crippen LogP contribution >= 0.6 is 11.8 Å². The van der Waals surface area contributed by atoms with Crippen molar-refractivity contribution in [3.8, 4) is 0 Å². The summed E-state index contributed by atoms with van der Waals surface area (Å²) < 4.78 is 0. The molecule has 1 heterocycles. The first kappa shape index (κ1) is 14.1. The van der Waals surface area contributed by atoms with Crippen LogP contribution in [0.3, 0.4) is 0 Å². The van der Waals surface area contributed by atoms with Gasteiger partial charge in [-0.15, -0.1) is 11.8 Å². The van der Waals surface area contributed by atoms with Crippen molar-refractivity contribution in [2.45, 2.75) is 30.0 Å². The lowest BCUT2D eigenvalue weighted by atomic mass is 10.0. The van der Waals surface area contributed by atoms with E-state index in [1.165, 1.54) is 16.0 Å². The summed E-state index contributed by atoms with van der Waals surface area (Å²) in [5.74, 6) is 0. The minimum absolute atomic E-state index is 0.346. The fourth-order valence-corrected chi connectivity index (χ4v) is 3.28. The summed E-state index contributed by atoms with van der Waals surface area (Å²) in [7, 11) is 2.02. The number of nitrogens with zero attached hydrogens (tertiary/aromatic N) is 1. The van der Waals surface area contributed by atoms with Crippen molar-refractivity contribution in [1.29, 1.82) is 0 Å². The van der Waals surface area contributed by atoms with E-state index in [4.69, 9.17) is 0 Å². The van der Waals surface area contributed by atoms with E-state index in [1.807, 2.05) is 31.2 Å². The summed E-state index contributed by atoms with van der Waals surface area (Å²) in [6, 6.07) is 13.2. The molecule has 2 atom stereocenters. The van der Waals surface area contributed by atoms with E-state index < -0.39 is 0 Å². The minimum atomic E-state index is 0.346. The Morgan fingerprint density at radius 3 is 2.26 bits per heavy atom. The average Bonchev–Trinajstić information content (AvgIpc) is 2.43. The van der Waals surface area contributed by atoms with Crippen LogP contribution in [-0.4, -0.2) is 17.3 Å². The molecule has 1 aromatic heterocycles. The van der Waals surface area contributed by atoms with Crippen molar-refractivity contribution in [1.82, 2.24) is 10.3 Å². The van der Waals surface area contributed by atoms with Gasteiger partial charge in [-0.2, -0.15) is 0 Å². The molecule has 1 N–H and O–H groups in total. The van der Waals surface area contributed by atoms with Crippen LogP contribution in [0.4, 0.5) is 0 Å². The lowest BCUT2D eigenvalue weighted by molar-refractivity contribution is 0.589. The molecule has 0 saturated heterocycles. The third-order valence-corrected chi connectivity index (χ3v) is 4.38. The van der Waals surface area contributed by atoms with Crippen LogP contribution in [0.5, 0.6) is 0 Å². The molecule has 2 unspecified atom stereocenters. The molecule has 0 aliphatic rings. The summed E-state index contributed by atoms with van der Waals surface area (Å²) in [5.41, 5.74) is 2.63. The fraction of sp³-hybridized carbons (Fsp3) is 0.312. The normalized spacial score (nSPS) is 14.1. The molecule has 19 heavy (non-hydrogen) atoms. The highest BCUT2D eigenvalue weighted by molar-refractivity contribution is 8.00. The van der Waals surface area contributed by atoms with Crippen molar-refractivity contribution >= 4 is 11.8 Å². The van der Waals surface area contributed by atoms with Crippen LogP contribution in [0.2, 0.25) is 0 Å². The highest BCUT2D eigenvalue weighted by atomic mass is 32.2. The van der Waals surface area contributed by atoms with Gasteiger partial charge in [0.25, 0.3) is 0 Å². The number of rotatable bonds is 5. The first-order valence-corrected chi connectivity index (χ1v) is 7.39. The second-order valence-corrected chi connectivity index (χ2v) is 6.13. The first-order chi connectivity index (χ1) is 9.20. The molecule has 2 aromatic rings. The fourth-order valence-electron chi connectivity index (χ4n) is 2.15. The quantitative estimate of drug-likeness (QED) is 0.837. The highest BCUT2D eigenvalue weighted by Crippen LogP contribution is 2.31. The van der Waals surface area contributed by atoms with E-state index in [0.29, 0.717) is 11.3 Å². The zero-order chi connectivity index (χ0) is 13.7. The first-order valence-electron chi connectivity index (χ1n) is 6.51. The number of benzene rings is 1. The maximum absolute atomic E-state index is 4.06. The van der Waals surface area contributed by atoms with Gasteiger partial charge >= 0.3 is 0 Å². The van der Waals surface area contributed by atoms with Crippen molar-refractivity contribution in [3.05, 3.63) is 59.9 Å². The Labute approximate surface area is 119 Å². The van der Waals surface area contributed by atoms with Crippen molar-refractivity contribution in [3.63, 3.8) is 0 Å². The van der Waals surface area contributed by atoms with Gasteiger partial charge in [0.15, 0.2) is 0 Å². The Morgan fingerprint density at radius 1 is 1.05 bits per heavy atom. The third kappa shape index (κ3) is 3.82. The zero-order valence-electron chi connectivity index (χ0n) is 11.6. The van der Waals surface area contributed by atoms with Gasteiger partial charge in [0.1, 0.15) is 0 Å². The largest absolute Gasteiger partial charge is 0.312 e. The van der Waals surface area contributed by atoms with Gasteiger partial charge in [-0.3, -0.25) is 4.98 Å². The summed E-state index contributed by atoms with van der Waals surface area (Å²) in [6.07, 6.45) is 3.69. The average molecular weight is 272 g/mol. The van der Waals surface area contributed by atoms with E-state index in [1.54, 1.807) is 0 Å². The molecule has 0 spiro atoms. The van der Waals surface area contributed by atoms with Crippen molar-refractivity contribution < 1.29 is 0 Å². The predicted octanol–water partition coefficient (Wildman–Crippen LogP) is 3.83. The van der Waals surface area contributed by atoms with Gasteiger partial charge in [0.2, 0.25) is 0 Å². The molecule has 1 aromatic carbocycles. The maximum atomic E-state index is 4.06.